The Labute approximate surface area is 194 Å². The third-order valence-corrected chi connectivity index (χ3v) is 5.39. The second-order valence-electron chi connectivity index (χ2n) is 10.3. The van der Waals surface area contributed by atoms with E-state index >= 15 is 0 Å². The van der Waals surface area contributed by atoms with Gasteiger partial charge in [-0.2, -0.15) is 0 Å². The molecule has 0 aliphatic heterocycles. The number of rotatable bonds is 11. The zero-order chi connectivity index (χ0) is 24.7. The predicted octanol–water partition coefficient (Wildman–Crippen LogP) is 6.64. The summed E-state index contributed by atoms with van der Waals surface area (Å²) in [4.78, 5) is 39.1. The molecular weight excluding hydrogens is 404 g/mol. The van der Waals surface area contributed by atoms with Crippen molar-refractivity contribution in [2.24, 2.45) is 23.7 Å². The molecule has 0 unspecified atom stereocenters. The quantitative estimate of drug-likeness (QED) is 0.219. The first-order valence-corrected chi connectivity index (χ1v) is 12.0. The molecule has 0 aromatic carbocycles. The lowest BCUT2D eigenvalue weighted by atomic mass is 9.79. The molecule has 0 saturated carbocycles. The van der Waals surface area contributed by atoms with E-state index in [1.165, 1.54) is 0 Å². The van der Waals surface area contributed by atoms with Crippen LogP contribution in [0.3, 0.4) is 0 Å². The monoisotopic (exact) mass is 446 g/mol. The van der Waals surface area contributed by atoms with Crippen LogP contribution in [0.4, 0.5) is 0 Å². The molecule has 0 amide bonds. The summed E-state index contributed by atoms with van der Waals surface area (Å²) < 4.78 is 5.56. The standard InChI is InChI=1S/C27H42O5/c1-10-21(28)32-27-20(12-11-15(2)3)25(30)22(19(13-16(4)5)14-17(6)7)26(31)23(27)24(29)18(8)9/h15-18,30H,10-14H2,1-9H3. The van der Waals surface area contributed by atoms with Gasteiger partial charge in [-0.1, -0.05) is 67.9 Å². The number of hydrogen-bond acceptors (Lipinski definition) is 5. The maximum absolute atomic E-state index is 13.7. The number of ether oxygens (including phenoxy) is 1. The molecule has 0 aromatic heterocycles. The van der Waals surface area contributed by atoms with Crippen LogP contribution in [0.5, 0.6) is 0 Å². The summed E-state index contributed by atoms with van der Waals surface area (Å²) in [5.41, 5.74) is 1.38. The number of carbonyl (C=O) groups excluding carboxylic acids is 3. The first-order valence-electron chi connectivity index (χ1n) is 12.0. The van der Waals surface area contributed by atoms with Gasteiger partial charge >= 0.3 is 5.97 Å². The van der Waals surface area contributed by atoms with Crippen LogP contribution in [0.15, 0.2) is 33.8 Å². The van der Waals surface area contributed by atoms with Crippen molar-refractivity contribution >= 4 is 17.5 Å². The van der Waals surface area contributed by atoms with Gasteiger partial charge in [-0.25, -0.2) is 0 Å². The van der Waals surface area contributed by atoms with Crippen molar-refractivity contribution in [3.8, 4) is 0 Å². The van der Waals surface area contributed by atoms with Crippen LogP contribution in [0.25, 0.3) is 0 Å². The number of esters is 1. The SMILES string of the molecule is CCC(=O)OC1=C(C(=O)C(C)C)C(=O)C(=C(CC(C)C)CC(C)C)C(O)=C1CCC(C)C. The molecule has 0 heterocycles. The van der Waals surface area contributed by atoms with Crippen LogP contribution in [-0.4, -0.2) is 22.6 Å². The second kappa shape index (κ2) is 12.2. The lowest BCUT2D eigenvalue weighted by molar-refractivity contribution is -0.139. The van der Waals surface area contributed by atoms with E-state index in [0.717, 1.165) is 12.0 Å². The van der Waals surface area contributed by atoms with Crippen molar-refractivity contribution in [2.45, 2.75) is 94.4 Å². The van der Waals surface area contributed by atoms with Crippen molar-refractivity contribution in [2.75, 3.05) is 0 Å². The van der Waals surface area contributed by atoms with Gasteiger partial charge in [0.1, 0.15) is 11.3 Å². The number of ketones is 2. The molecule has 1 aliphatic rings. The molecule has 0 fully saturated rings. The summed E-state index contributed by atoms with van der Waals surface area (Å²) >= 11 is 0. The largest absolute Gasteiger partial charge is 0.507 e. The lowest BCUT2D eigenvalue weighted by Crippen LogP contribution is -2.29. The topological polar surface area (TPSA) is 80.7 Å². The summed E-state index contributed by atoms with van der Waals surface area (Å²) in [5, 5.41) is 11.4. The van der Waals surface area contributed by atoms with E-state index in [-0.39, 0.29) is 46.7 Å². The fourth-order valence-electron chi connectivity index (χ4n) is 3.82. The van der Waals surface area contributed by atoms with Gasteiger partial charge in [0.15, 0.2) is 11.5 Å². The van der Waals surface area contributed by atoms with Crippen LogP contribution < -0.4 is 0 Å². The maximum atomic E-state index is 13.7. The summed E-state index contributed by atoms with van der Waals surface area (Å²) in [6.45, 7) is 17.5. The molecule has 5 nitrogen and oxygen atoms in total. The molecule has 5 heteroatoms. The Kier molecular flexibility index (Phi) is 10.6. The van der Waals surface area contributed by atoms with Crippen LogP contribution in [0.2, 0.25) is 0 Å². The fraction of sp³-hybridized carbons (Fsp3) is 0.667. The molecule has 1 rings (SSSR count). The minimum atomic E-state index is -0.534. The number of aliphatic hydroxyl groups excluding tert-OH is 1. The average Bonchev–Trinajstić information content (AvgIpc) is 2.65. The first kappa shape index (κ1) is 27.9. The van der Waals surface area contributed by atoms with Gasteiger partial charge in [0.25, 0.3) is 0 Å². The van der Waals surface area contributed by atoms with Crippen LogP contribution in [0.1, 0.15) is 94.4 Å². The maximum Gasteiger partial charge on any atom is 0.310 e. The van der Waals surface area contributed by atoms with Crippen molar-refractivity contribution in [3.05, 3.63) is 33.8 Å². The third-order valence-electron chi connectivity index (χ3n) is 5.39. The van der Waals surface area contributed by atoms with Gasteiger partial charge in [-0.15, -0.1) is 0 Å². The molecule has 0 radical (unpaired) electrons. The van der Waals surface area contributed by atoms with Crippen molar-refractivity contribution in [3.63, 3.8) is 0 Å². The molecule has 180 valence electrons. The van der Waals surface area contributed by atoms with E-state index in [1.54, 1.807) is 20.8 Å². The Morgan fingerprint density at radius 3 is 1.84 bits per heavy atom. The highest BCUT2D eigenvalue weighted by Gasteiger charge is 2.39. The van der Waals surface area contributed by atoms with Gasteiger partial charge in [0.05, 0.1) is 5.57 Å². The van der Waals surface area contributed by atoms with Crippen LogP contribution >= 0.6 is 0 Å². The van der Waals surface area contributed by atoms with Crippen molar-refractivity contribution in [1.29, 1.82) is 0 Å². The molecule has 0 spiro atoms. The zero-order valence-corrected chi connectivity index (χ0v) is 21.4. The molecular formula is C27H42O5. The van der Waals surface area contributed by atoms with Crippen molar-refractivity contribution < 1.29 is 24.2 Å². The van der Waals surface area contributed by atoms with E-state index in [9.17, 15) is 19.5 Å². The van der Waals surface area contributed by atoms with E-state index in [1.807, 2.05) is 0 Å². The number of Topliss-reactive ketones (excluding diaryl/α,β-unsaturated/α-hetero) is 2. The van der Waals surface area contributed by atoms with Crippen molar-refractivity contribution in [1.82, 2.24) is 0 Å². The Morgan fingerprint density at radius 1 is 0.906 bits per heavy atom. The van der Waals surface area contributed by atoms with E-state index in [2.05, 4.69) is 41.5 Å². The summed E-state index contributed by atoms with van der Waals surface area (Å²) in [5.74, 6) is -1.16. The highest BCUT2D eigenvalue weighted by molar-refractivity contribution is 6.29. The third kappa shape index (κ3) is 7.18. The number of allylic oxidation sites excluding steroid dienone is 4. The first-order chi connectivity index (χ1) is 14.8. The number of hydrogen-bond donors (Lipinski definition) is 1. The molecule has 0 saturated heterocycles. The predicted molar refractivity (Wildman–Crippen MR) is 128 cm³/mol. The second-order valence-corrected chi connectivity index (χ2v) is 10.3. The van der Waals surface area contributed by atoms with Gasteiger partial charge in [0, 0.05) is 17.9 Å². The molecule has 0 atom stereocenters. The summed E-state index contributed by atoms with van der Waals surface area (Å²) in [6, 6.07) is 0. The van der Waals surface area contributed by atoms with Crippen LogP contribution in [-0.2, 0) is 19.1 Å². The lowest BCUT2D eigenvalue weighted by Gasteiger charge is -2.27. The van der Waals surface area contributed by atoms with E-state index < -0.39 is 17.7 Å². The van der Waals surface area contributed by atoms with Gasteiger partial charge < -0.3 is 9.84 Å². The van der Waals surface area contributed by atoms with Gasteiger partial charge in [-0.3, -0.25) is 14.4 Å². The van der Waals surface area contributed by atoms with Gasteiger partial charge in [0.2, 0.25) is 5.78 Å². The Morgan fingerprint density at radius 2 is 1.44 bits per heavy atom. The molecule has 0 aromatic rings. The molecule has 1 N–H and O–H groups in total. The zero-order valence-electron chi connectivity index (χ0n) is 21.4. The Bertz CT molecular complexity index is 807. The summed E-state index contributed by atoms with van der Waals surface area (Å²) in [7, 11) is 0. The minimum absolute atomic E-state index is 0.0455. The molecule has 32 heavy (non-hydrogen) atoms. The molecule has 1 aliphatic carbocycles. The molecule has 0 bridgehead atoms. The fourth-order valence-corrected chi connectivity index (χ4v) is 3.82. The normalized spacial score (nSPS) is 15.0. The minimum Gasteiger partial charge on any atom is -0.507 e. The average molecular weight is 447 g/mol. The Balaban J connectivity index is 3.94. The van der Waals surface area contributed by atoms with E-state index in [4.69, 9.17) is 4.74 Å². The highest BCUT2D eigenvalue weighted by Crippen LogP contribution is 2.39. The Hall–Kier alpha value is -2.17. The van der Waals surface area contributed by atoms with Gasteiger partial charge in [-0.05, 0) is 43.4 Å². The smallest absolute Gasteiger partial charge is 0.310 e. The summed E-state index contributed by atoms with van der Waals surface area (Å²) in [6.07, 6.45) is 2.54. The van der Waals surface area contributed by atoms with E-state index in [0.29, 0.717) is 30.8 Å². The highest BCUT2D eigenvalue weighted by atomic mass is 16.5. The number of aliphatic hydroxyl groups is 1. The van der Waals surface area contributed by atoms with Crippen LogP contribution in [0, 0.1) is 23.7 Å². The number of carbonyl (C=O) groups is 3.